The number of hydrogen-bond acceptors (Lipinski definition) is 5. The van der Waals surface area contributed by atoms with Crippen molar-refractivity contribution in [1.82, 2.24) is 19.7 Å². The van der Waals surface area contributed by atoms with Crippen LogP contribution in [0.4, 0.5) is 10.1 Å². The van der Waals surface area contributed by atoms with Crippen LogP contribution in [0.2, 0.25) is 0 Å². The molecule has 4 rings (SSSR count). The summed E-state index contributed by atoms with van der Waals surface area (Å²) in [4.78, 5) is 16.6. The smallest absolute Gasteiger partial charge is 0.233 e. The number of rotatable bonds is 8. The van der Waals surface area contributed by atoms with Gasteiger partial charge in [-0.3, -0.25) is 9.36 Å². The number of halogens is 1. The topological polar surface area (TPSA) is 54.3 Å². The fraction of sp³-hybridized carbons (Fsp3) is 0.192. The lowest BCUT2D eigenvalue weighted by Crippen LogP contribution is -2.28. The van der Waals surface area contributed by atoms with Crippen LogP contribution in [0, 0.1) is 5.82 Å². The number of nitrogens with zero attached hydrogens (tertiary/aromatic N) is 5. The fourth-order valence-corrected chi connectivity index (χ4v) is 4.35. The number of thioether (sulfide) groups is 1. The highest BCUT2D eigenvalue weighted by atomic mass is 32.2. The maximum absolute atomic E-state index is 13.5. The summed E-state index contributed by atoms with van der Waals surface area (Å²) in [5, 5.41) is 9.28. The van der Waals surface area contributed by atoms with E-state index in [-0.39, 0.29) is 17.5 Å². The third-order valence-electron chi connectivity index (χ3n) is 5.37. The summed E-state index contributed by atoms with van der Waals surface area (Å²) in [5.74, 6) is 0.510. The largest absolute Gasteiger partial charge is 0.378 e. The van der Waals surface area contributed by atoms with E-state index in [4.69, 9.17) is 0 Å². The number of hydrogen-bond donors (Lipinski definition) is 0. The molecule has 0 spiro atoms. The van der Waals surface area contributed by atoms with E-state index in [1.165, 1.54) is 23.9 Å². The lowest BCUT2D eigenvalue weighted by Gasteiger charge is -2.18. The number of carbonyl (C=O) groups is 1. The van der Waals surface area contributed by atoms with E-state index in [0.29, 0.717) is 17.5 Å². The maximum Gasteiger partial charge on any atom is 0.233 e. The maximum atomic E-state index is 13.5. The molecular weight excluding hydrogens is 449 g/mol. The molecule has 0 radical (unpaired) electrons. The first-order valence-electron chi connectivity index (χ1n) is 10.8. The highest BCUT2D eigenvalue weighted by Crippen LogP contribution is 2.28. The SMILES string of the molecule is CN(Cc1ccc(N(C)C)cc1)C(=O)CSc1nnc(-c2ccccc2)n1-c1ccc(F)cc1. The zero-order chi connectivity index (χ0) is 24.1. The molecule has 0 aliphatic carbocycles. The molecule has 34 heavy (non-hydrogen) atoms. The monoisotopic (exact) mass is 475 g/mol. The molecule has 1 heterocycles. The van der Waals surface area contributed by atoms with Crippen LogP contribution in [0.1, 0.15) is 5.56 Å². The average Bonchev–Trinajstić information content (AvgIpc) is 3.27. The van der Waals surface area contributed by atoms with Crippen LogP contribution in [0.25, 0.3) is 17.1 Å². The van der Waals surface area contributed by atoms with Gasteiger partial charge >= 0.3 is 0 Å². The van der Waals surface area contributed by atoms with Crippen LogP contribution >= 0.6 is 11.8 Å². The van der Waals surface area contributed by atoms with Gasteiger partial charge in [0.05, 0.1) is 5.75 Å². The normalized spacial score (nSPS) is 10.8. The molecule has 0 aliphatic rings. The number of anilines is 1. The second-order valence-electron chi connectivity index (χ2n) is 8.08. The van der Waals surface area contributed by atoms with E-state index in [2.05, 4.69) is 10.2 Å². The van der Waals surface area contributed by atoms with Crippen LogP contribution in [0.5, 0.6) is 0 Å². The number of aromatic nitrogens is 3. The van der Waals surface area contributed by atoms with Gasteiger partial charge in [0.1, 0.15) is 5.82 Å². The van der Waals surface area contributed by atoms with Gasteiger partial charge in [0.2, 0.25) is 5.91 Å². The van der Waals surface area contributed by atoms with E-state index in [1.807, 2.05) is 78.2 Å². The van der Waals surface area contributed by atoms with Crippen LogP contribution in [0.3, 0.4) is 0 Å². The van der Waals surface area contributed by atoms with Crippen molar-refractivity contribution in [2.24, 2.45) is 0 Å². The van der Waals surface area contributed by atoms with Gasteiger partial charge < -0.3 is 9.80 Å². The predicted molar refractivity (Wildman–Crippen MR) is 135 cm³/mol. The van der Waals surface area contributed by atoms with Gasteiger partial charge in [-0.2, -0.15) is 0 Å². The molecule has 0 fully saturated rings. The molecule has 4 aromatic rings. The minimum atomic E-state index is -0.317. The third-order valence-corrected chi connectivity index (χ3v) is 6.29. The van der Waals surface area contributed by atoms with Gasteiger partial charge in [0, 0.05) is 44.6 Å². The third kappa shape index (κ3) is 5.46. The highest BCUT2D eigenvalue weighted by Gasteiger charge is 2.18. The minimum Gasteiger partial charge on any atom is -0.378 e. The van der Waals surface area contributed by atoms with Gasteiger partial charge in [-0.15, -0.1) is 10.2 Å². The molecule has 174 valence electrons. The number of carbonyl (C=O) groups excluding carboxylic acids is 1. The summed E-state index contributed by atoms with van der Waals surface area (Å²) < 4.78 is 15.4. The quantitative estimate of drug-likeness (QED) is 0.340. The molecule has 1 aromatic heterocycles. The zero-order valence-electron chi connectivity index (χ0n) is 19.4. The van der Waals surface area contributed by atoms with Crippen molar-refractivity contribution >= 4 is 23.4 Å². The van der Waals surface area contributed by atoms with Crippen LogP contribution in [0.15, 0.2) is 84.0 Å². The van der Waals surface area contributed by atoms with Crippen molar-refractivity contribution in [3.63, 3.8) is 0 Å². The Morgan fingerprint density at radius 1 is 0.912 bits per heavy atom. The summed E-state index contributed by atoms with van der Waals surface area (Å²) in [7, 11) is 5.79. The zero-order valence-corrected chi connectivity index (χ0v) is 20.2. The minimum absolute atomic E-state index is 0.0170. The molecule has 0 aliphatic heterocycles. The molecule has 0 atom stereocenters. The molecule has 0 saturated heterocycles. The van der Waals surface area contributed by atoms with E-state index < -0.39 is 0 Å². The Balaban J connectivity index is 1.50. The van der Waals surface area contributed by atoms with Crippen LogP contribution in [-0.2, 0) is 11.3 Å². The summed E-state index contributed by atoms with van der Waals surface area (Å²) in [6.45, 7) is 0.521. The van der Waals surface area contributed by atoms with E-state index in [0.717, 1.165) is 22.5 Å². The Morgan fingerprint density at radius 3 is 2.24 bits per heavy atom. The second kappa shape index (κ2) is 10.5. The summed E-state index contributed by atoms with van der Waals surface area (Å²) >= 11 is 1.31. The molecule has 0 unspecified atom stereocenters. The Bertz CT molecular complexity index is 1240. The molecular formula is C26H26FN5OS. The predicted octanol–water partition coefficient (Wildman–Crippen LogP) is 4.89. The number of amides is 1. The summed E-state index contributed by atoms with van der Waals surface area (Å²) in [5.41, 5.74) is 3.79. The standard InChI is InChI=1S/C26H26FN5OS/c1-30(2)22-13-9-19(10-14-22)17-31(3)24(33)18-34-26-29-28-25(20-7-5-4-6-8-20)32(26)23-15-11-21(27)12-16-23/h4-16H,17-18H2,1-3H3. The van der Waals surface area contributed by atoms with E-state index >= 15 is 0 Å². The Morgan fingerprint density at radius 2 is 1.59 bits per heavy atom. The van der Waals surface area contributed by atoms with Gasteiger partial charge in [-0.25, -0.2) is 4.39 Å². The van der Waals surface area contributed by atoms with E-state index in [9.17, 15) is 9.18 Å². The molecule has 1 amide bonds. The summed E-state index contributed by atoms with van der Waals surface area (Å²) in [6, 6.07) is 24.0. The van der Waals surface area contributed by atoms with E-state index in [1.54, 1.807) is 24.1 Å². The first kappa shape index (κ1) is 23.5. The first-order valence-corrected chi connectivity index (χ1v) is 11.8. The van der Waals surface area contributed by atoms with Crippen molar-refractivity contribution in [2.75, 3.05) is 31.8 Å². The van der Waals surface area contributed by atoms with Crippen molar-refractivity contribution in [2.45, 2.75) is 11.7 Å². The fourth-order valence-electron chi connectivity index (χ4n) is 3.46. The Hall–Kier alpha value is -3.65. The first-order chi connectivity index (χ1) is 16.4. The van der Waals surface area contributed by atoms with Crippen molar-refractivity contribution in [3.8, 4) is 17.1 Å². The molecule has 0 saturated carbocycles. The highest BCUT2D eigenvalue weighted by molar-refractivity contribution is 7.99. The average molecular weight is 476 g/mol. The van der Waals surface area contributed by atoms with Crippen LogP contribution in [-0.4, -0.2) is 52.5 Å². The molecule has 3 aromatic carbocycles. The van der Waals surface area contributed by atoms with Crippen LogP contribution < -0.4 is 4.90 Å². The van der Waals surface area contributed by atoms with Crippen molar-refractivity contribution < 1.29 is 9.18 Å². The molecule has 0 bridgehead atoms. The van der Waals surface area contributed by atoms with Gasteiger partial charge in [0.15, 0.2) is 11.0 Å². The second-order valence-corrected chi connectivity index (χ2v) is 9.03. The lowest BCUT2D eigenvalue weighted by atomic mass is 10.2. The lowest BCUT2D eigenvalue weighted by molar-refractivity contribution is -0.127. The number of benzene rings is 3. The van der Waals surface area contributed by atoms with Gasteiger partial charge in [0.25, 0.3) is 0 Å². The van der Waals surface area contributed by atoms with Crippen molar-refractivity contribution in [3.05, 3.63) is 90.2 Å². The van der Waals surface area contributed by atoms with Gasteiger partial charge in [-0.05, 0) is 42.0 Å². The Labute approximate surface area is 203 Å². The Kier molecular flexibility index (Phi) is 7.27. The molecule has 6 nitrogen and oxygen atoms in total. The van der Waals surface area contributed by atoms with Gasteiger partial charge in [-0.1, -0.05) is 54.2 Å². The molecule has 0 N–H and O–H groups in total. The molecule has 8 heteroatoms. The van der Waals surface area contributed by atoms with Crippen molar-refractivity contribution in [1.29, 1.82) is 0 Å². The summed E-state index contributed by atoms with van der Waals surface area (Å²) in [6.07, 6.45) is 0.